The molecule has 2 aromatic heterocycles. The van der Waals surface area contributed by atoms with Gasteiger partial charge in [0.25, 0.3) is 5.91 Å². The van der Waals surface area contributed by atoms with E-state index in [1.807, 2.05) is 12.1 Å². The maximum atomic E-state index is 12.9. The summed E-state index contributed by atoms with van der Waals surface area (Å²) in [6.07, 6.45) is 5.08. The van der Waals surface area contributed by atoms with Crippen molar-refractivity contribution in [2.45, 2.75) is 32.2 Å². The zero-order valence-corrected chi connectivity index (χ0v) is 19.4. The maximum absolute atomic E-state index is 12.9. The highest BCUT2D eigenvalue weighted by atomic mass is 19.1. The van der Waals surface area contributed by atoms with Gasteiger partial charge in [-0.25, -0.2) is 9.18 Å². The molecular formula is C25H26FN5O5. The number of hydrogen-bond acceptors (Lipinski definition) is 7. The fourth-order valence-corrected chi connectivity index (χ4v) is 4.40. The van der Waals surface area contributed by atoms with E-state index in [0.29, 0.717) is 19.6 Å². The molecule has 10 nitrogen and oxygen atoms in total. The zero-order chi connectivity index (χ0) is 25.8. The summed E-state index contributed by atoms with van der Waals surface area (Å²) in [7, 11) is 0. The number of amides is 1. The Hall–Kier alpha value is -4.09. The van der Waals surface area contributed by atoms with Crippen molar-refractivity contribution < 1.29 is 24.2 Å². The van der Waals surface area contributed by atoms with Gasteiger partial charge in [-0.3, -0.25) is 19.5 Å². The first kappa shape index (κ1) is 25.0. The predicted molar refractivity (Wildman–Crippen MR) is 128 cm³/mol. The highest BCUT2D eigenvalue weighted by molar-refractivity contribution is 5.97. The first-order valence-electron chi connectivity index (χ1n) is 11.4. The minimum atomic E-state index is -1.43. The third-order valence-corrected chi connectivity index (χ3v) is 6.19. The Morgan fingerprint density at radius 3 is 2.53 bits per heavy atom. The van der Waals surface area contributed by atoms with Gasteiger partial charge in [-0.2, -0.15) is 0 Å². The number of aromatic nitrogens is 2. The minimum Gasteiger partial charge on any atom is -0.503 e. The molecule has 0 bridgehead atoms. The van der Waals surface area contributed by atoms with E-state index in [4.69, 9.17) is 5.73 Å². The largest absolute Gasteiger partial charge is 0.503 e. The van der Waals surface area contributed by atoms with Crippen molar-refractivity contribution in [3.63, 3.8) is 0 Å². The molecular weight excluding hydrogens is 469 g/mol. The molecule has 0 aliphatic carbocycles. The van der Waals surface area contributed by atoms with Crippen LogP contribution in [0.4, 0.5) is 4.39 Å². The zero-order valence-electron chi connectivity index (χ0n) is 19.4. The van der Waals surface area contributed by atoms with Gasteiger partial charge in [0.1, 0.15) is 17.5 Å². The molecule has 36 heavy (non-hydrogen) atoms. The Kier molecular flexibility index (Phi) is 7.41. The third kappa shape index (κ3) is 5.11. The number of fused-ring (bicyclic) bond motifs is 2. The fraction of sp³-hybridized carbons (Fsp3) is 0.280. The second-order valence-corrected chi connectivity index (χ2v) is 8.52. The van der Waals surface area contributed by atoms with Crippen LogP contribution < -0.4 is 11.2 Å². The quantitative estimate of drug-likeness (QED) is 0.496. The van der Waals surface area contributed by atoms with Crippen LogP contribution in [0.25, 0.3) is 0 Å². The van der Waals surface area contributed by atoms with Crippen LogP contribution >= 0.6 is 0 Å². The Labute approximate surface area is 206 Å². The number of aromatic hydroxyl groups is 1. The summed E-state index contributed by atoms with van der Waals surface area (Å²) in [6, 6.07) is 9.96. The number of carboxylic acids is 1. The third-order valence-electron chi connectivity index (χ3n) is 6.19. The smallest absolute Gasteiger partial charge is 0.341 e. The average Bonchev–Trinajstić information content (AvgIpc) is 2.88. The first-order valence-corrected chi connectivity index (χ1v) is 11.4. The summed E-state index contributed by atoms with van der Waals surface area (Å²) in [5, 5.41) is 19.4. The van der Waals surface area contributed by atoms with Crippen LogP contribution in [0.5, 0.6) is 5.75 Å². The van der Waals surface area contributed by atoms with E-state index in [-0.39, 0.29) is 24.2 Å². The van der Waals surface area contributed by atoms with E-state index < -0.39 is 28.6 Å². The Bertz CT molecular complexity index is 1310. The van der Waals surface area contributed by atoms with Crippen LogP contribution in [0, 0.1) is 5.82 Å². The number of halogens is 1. The number of rotatable bonds is 4. The molecule has 11 heteroatoms. The lowest BCUT2D eigenvalue weighted by atomic mass is 10.1. The molecule has 1 amide bonds. The SMILES string of the molecule is NCc1ccc(F)cc1.O=C(O)c1cn2c(c(O)c1=O)C(=O)N1CCCN(Cc3cccnc3)C1C2. The lowest BCUT2D eigenvalue weighted by Gasteiger charge is -2.47. The standard InChI is InChI=1S/C18H18N4O5.C7H8FN/c23-15-12(18(26)27)9-21-10-13-20(8-11-3-1-4-19-7-11)5-2-6-22(13)17(25)14(21)16(15)24;8-7-3-1-6(5-9)2-4-7/h1,3-4,7,9,13,24H,2,5-6,8,10H2,(H,26,27);1-4H,5,9H2. The molecule has 1 fully saturated rings. The average molecular weight is 496 g/mol. The van der Waals surface area contributed by atoms with Crippen LogP contribution in [0.15, 0.2) is 59.8 Å². The second kappa shape index (κ2) is 10.7. The maximum Gasteiger partial charge on any atom is 0.341 e. The van der Waals surface area contributed by atoms with Crippen molar-refractivity contribution in [3.05, 3.63) is 93.4 Å². The molecule has 0 saturated carbocycles. The molecule has 0 radical (unpaired) electrons. The summed E-state index contributed by atoms with van der Waals surface area (Å²) >= 11 is 0. The Morgan fingerprint density at radius 2 is 1.89 bits per heavy atom. The summed E-state index contributed by atoms with van der Waals surface area (Å²) < 4.78 is 13.6. The number of aromatic carboxylic acids is 1. The number of carbonyl (C=O) groups is 2. The number of pyridine rings is 2. The van der Waals surface area contributed by atoms with Crippen LogP contribution in [0.2, 0.25) is 0 Å². The van der Waals surface area contributed by atoms with Crippen molar-refractivity contribution in [2.75, 3.05) is 13.1 Å². The van der Waals surface area contributed by atoms with Gasteiger partial charge in [0, 0.05) is 44.8 Å². The van der Waals surface area contributed by atoms with Gasteiger partial charge in [-0.1, -0.05) is 18.2 Å². The van der Waals surface area contributed by atoms with Gasteiger partial charge in [-0.05, 0) is 35.7 Å². The molecule has 4 heterocycles. The molecule has 3 aromatic rings. The monoisotopic (exact) mass is 495 g/mol. The van der Waals surface area contributed by atoms with Gasteiger partial charge in [-0.15, -0.1) is 0 Å². The van der Waals surface area contributed by atoms with Crippen LogP contribution in [0.1, 0.15) is 38.4 Å². The summed E-state index contributed by atoms with van der Waals surface area (Å²) in [5.41, 5.74) is 5.50. The molecule has 1 atom stereocenters. The van der Waals surface area contributed by atoms with E-state index in [1.165, 1.54) is 16.7 Å². The lowest BCUT2D eigenvalue weighted by molar-refractivity contribution is -0.0140. The molecule has 1 aromatic carbocycles. The number of carboxylic acid groups (broad SMARTS) is 1. The molecule has 4 N–H and O–H groups in total. The predicted octanol–water partition coefficient (Wildman–Crippen LogP) is 1.62. The number of benzene rings is 1. The Morgan fingerprint density at radius 1 is 1.14 bits per heavy atom. The van der Waals surface area contributed by atoms with Gasteiger partial charge in [0.05, 0.1) is 6.54 Å². The van der Waals surface area contributed by atoms with Crippen LogP contribution in [0.3, 0.4) is 0 Å². The van der Waals surface area contributed by atoms with E-state index in [9.17, 15) is 29.0 Å². The van der Waals surface area contributed by atoms with Crippen molar-refractivity contribution in [3.8, 4) is 5.75 Å². The fourth-order valence-electron chi connectivity index (χ4n) is 4.40. The number of hydrogen-bond donors (Lipinski definition) is 3. The topological polar surface area (TPSA) is 142 Å². The molecule has 2 aliphatic rings. The van der Waals surface area contributed by atoms with Crippen molar-refractivity contribution in [1.82, 2.24) is 19.4 Å². The highest BCUT2D eigenvalue weighted by Gasteiger charge is 2.40. The van der Waals surface area contributed by atoms with Gasteiger partial charge < -0.3 is 25.4 Å². The lowest BCUT2D eigenvalue weighted by Crippen LogP contribution is -2.60. The second-order valence-electron chi connectivity index (χ2n) is 8.52. The van der Waals surface area contributed by atoms with Gasteiger partial charge in [0.2, 0.25) is 5.43 Å². The van der Waals surface area contributed by atoms with E-state index >= 15 is 0 Å². The number of nitrogens with two attached hydrogens (primary N) is 1. The number of nitrogens with zero attached hydrogens (tertiary/aromatic N) is 4. The normalized spacial score (nSPS) is 17.0. The minimum absolute atomic E-state index is 0.149. The summed E-state index contributed by atoms with van der Waals surface area (Å²) in [4.78, 5) is 44.1. The molecule has 188 valence electrons. The first-order chi connectivity index (χ1) is 17.3. The van der Waals surface area contributed by atoms with E-state index in [0.717, 1.165) is 30.3 Å². The van der Waals surface area contributed by atoms with Crippen LogP contribution in [-0.4, -0.2) is 60.7 Å². The van der Waals surface area contributed by atoms with E-state index in [1.54, 1.807) is 29.4 Å². The highest BCUT2D eigenvalue weighted by Crippen LogP contribution is 2.28. The Balaban J connectivity index is 0.000000286. The number of carbonyl (C=O) groups excluding carboxylic acids is 1. The van der Waals surface area contributed by atoms with Crippen LogP contribution in [-0.2, 0) is 19.6 Å². The molecule has 5 rings (SSSR count). The molecule has 2 aliphatic heterocycles. The summed E-state index contributed by atoms with van der Waals surface area (Å²) in [5.74, 6) is -2.92. The van der Waals surface area contributed by atoms with Crippen molar-refractivity contribution >= 4 is 11.9 Å². The van der Waals surface area contributed by atoms with Crippen molar-refractivity contribution in [2.24, 2.45) is 5.73 Å². The van der Waals surface area contributed by atoms with Crippen molar-refractivity contribution in [1.29, 1.82) is 0 Å². The van der Waals surface area contributed by atoms with E-state index in [2.05, 4.69) is 9.88 Å². The van der Waals surface area contributed by atoms with Gasteiger partial charge in [0.15, 0.2) is 11.4 Å². The molecule has 0 spiro atoms. The molecule has 1 unspecified atom stereocenters. The summed E-state index contributed by atoms with van der Waals surface area (Å²) in [6.45, 7) is 2.63. The molecule has 1 saturated heterocycles. The van der Waals surface area contributed by atoms with Gasteiger partial charge >= 0.3 is 5.97 Å².